The number of nitrogens with zero attached hydrogens (tertiary/aromatic N) is 1. The van der Waals surface area contributed by atoms with Gasteiger partial charge >= 0.3 is 0 Å². The van der Waals surface area contributed by atoms with Crippen molar-refractivity contribution in [3.8, 4) is 0 Å². The topological polar surface area (TPSA) is 22.0 Å². The van der Waals surface area contributed by atoms with Crippen molar-refractivity contribution in [3.05, 3.63) is 44.7 Å². The molecule has 0 fully saturated rings. The fraction of sp³-hybridized carbons (Fsp3) is 0.182. The van der Waals surface area contributed by atoms with Crippen molar-refractivity contribution in [1.82, 2.24) is 4.57 Å². The summed E-state index contributed by atoms with van der Waals surface area (Å²) in [4.78, 5) is 11.6. The predicted octanol–water partition coefficient (Wildman–Crippen LogP) is 2.32. The second-order valence-electron chi connectivity index (χ2n) is 3.58. The maximum Gasteiger partial charge on any atom is 0.189 e. The van der Waals surface area contributed by atoms with Crippen LogP contribution in [0.5, 0.6) is 0 Å². The average molecular weight is 250 g/mol. The summed E-state index contributed by atoms with van der Waals surface area (Å²) < 4.78 is 3.15. The third-order valence-electron chi connectivity index (χ3n) is 2.73. The van der Waals surface area contributed by atoms with Gasteiger partial charge in [0.25, 0.3) is 0 Å². The van der Waals surface area contributed by atoms with E-state index in [2.05, 4.69) is 26.6 Å². The summed E-state index contributed by atoms with van der Waals surface area (Å²) in [5, 5.41) is 0.828. The van der Waals surface area contributed by atoms with Gasteiger partial charge < -0.3 is 4.57 Å². The molecule has 3 rings (SSSR count). The van der Waals surface area contributed by atoms with E-state index in [1.54, 1.807) is 6.07 Å². The normalized spacial score (nSPS) is 13.8. The molecule has 1 aromatic carbocycles. The molecular weight excluding hydrogens is 242 g/mol. The molecule has 0 radical (unpaired) electrons. The highest BCUT2D eigenvalue weighted by molar-refractivity contribution is 9.10. The van der Waals surface area contributed by atoms with E-state index in [0.29, 0.717) is 0 Å². The molecule has 2 nitrogen and oxygen atoms in total. The van der Waals surface area contributed by atoms with E-state index in [9.17, 15) is 4.79 Å². The highest BCUT2D eigenvalue weighted by atomic mass is 79.9. The van der Waals surface area contributed by atoms with Crippen LogP contribution < -0.4 is 5.43 Å². The van der Waals surface area contributed by atoms with Crippen molar-refractivity contribution in [2.75, 3.05) is 0 Å². The van der Waals surface area contributed by atoms with Crippen LogP contribution in [-0.2, 0) is 13.0 Å². The monoisotopic (exact) mass is 249 g/mol. The number of pyridine rings is 1. The average Bonchev–Trinajstić information content (AvgIpc) is 2.55. The lowest BCUT2D eigenvalue weighted by Crippen LogP contribution is -2.04. The molecule has 0 N–H and O–H groups in total. The third-order valence-corrected chi connectivity index (χ3v) is 3.19. The summed E-state index contributed by atoms with van der Waals surface area (Å²) in [5.74, 6) is 0. The minimum absolute atomic E-state index is 0.112. The zero-order valence-electron chi connectivity index (χ0n) is 7.46. The van der Waals surface area contributed by atoms with E-state index < -0.39 is 0 Å². The number of aryl methyl sites for hydroxylation is 2. The minimum atomic E-state index is 0.112. The molecule has 3 heteroatoms. The van der Waals surface area contributed by atoms with Crippen LogP contribution in [0.3, 0.4) is 0 Å². The standard InChI is InChI=1S/C11H8BrNO/c12-8-5-7-1-3-13-4-2-10(14)9(6-8)11(7)13/h2,4-6H,1,3H2. The Balaban J connectivity index is 2.62. The summed E-state index contributed by atoms with van der Waals surface area (Å²) in [6, 6.07) is 5.65. The van der Waals surface area contributed by atoms with E-state index in [1.165, 1.54) is 5.56 Å². The highest BCUT2D eigenvalue weighted by Gasteiger charge is 2.14. The summed E-state index contributed by atoms with van der Waals surface area (Å²) >= 11 is 3.43. The number of benzene rings is 1. The Labute approximate surface area is 89.3 Å². The largest absolute Gasteiger partial charge is 0.347 e. The Morgan fingerprint density at radius 1 is 1.36 bits per heavy atom. The first-order valence-corrected chi connectivity index (χ1v) is 5.36. The van der Waals surface area contributed by atoms with Crippen molar-refractivity contribution < 1.29 is 0 Å². The molecule has 2 aromatic rings. The lowest BCUT2D eigenvalue weighted by atomic mass is 10.1. The molecule has 0 amide bonds. The Morgan fingerprint density at radius 2 is 2.21 bits per heavy atom. The number of hydrogen-bond acceptors (Lipinski definition) is 1. The predicted molar refractivity (Wildman–Crippen MR) is 59.6 cm³/mol. The first-order chi connectivity index (χ1) is 6.75. The van der Waals surface area contributed by atoms with Crippen molar-refractivity contribution in [2.24, 2.45) is 0 Å². The van der Waals surface area contributed by atoms with Crippen LogP contribution in [0.25, 0.3) is 10.9 Å². The van der Waals surface area contributed by atoms with Crippen LogP contribution in [0.4, 0.5) is 0 Å². The first-order valence-electron chi connectivity index (χ1n) is 4.57. The molecular formula is C11H8BrNO. The van der Waals surface area contributed by atoms with Crippen molar-refractivity contribution in [1.29, 1.82) is 0 Å². The SMILES string of the molecule is O=c1ccn2c3c(cc(Br)cc13)CC2. The lowest BCUT2D eigenvalue weighted by Gasteiger charge is -2.03. The van der Waals surface area contributed by atoms with E-state index in [0.717, 1.165) is 28.3 Å². The third kappa shape index (κ3) is 0.989. The van der Waals surface area contributed by atoms with Crippen LogP contribution in [-0.4, -0.2) is 4.57 Å². The number of aromatic nitrogens is 1. The zero-order valence-corrected chi connectivity index (χ0v) is 9.04. The zero-order chi connectivity index (χ0) is 9.71. The van der Waals surface area contributed by atoms with E-state index in [1.807, 2.05) is 12.3 Å². The van der Waals surface area contributed by atoms with E-state index in [-0.39, 0.29) is 5.43 Å². The summed E-state index contributed by atoms with van der Waals surface area (Å²) in [6.07, 6.45) is 2.91. The number of hydrogen-bond donors (Lipinski definition) is 0. The summed E-state index contributed by atoms with van der Waals surface area (Å²) in [5.41, 5.74) is 2.49. The maximum absolute atomic E-state index is 11.6. The van der Waals surface area contributed by atoms with Gasteiger partial charge in [0.15, 0.2) is 5.43 Å². The van der Waals surface area contributed by atoms with Crippen molar-refractivity contribution in [2.45, 2.75) is 13.0 Å². The maximum atomic E-state index is 11.6. The Hall–Kier alpha value is -1.09. The minimum Gasteiger partial charge on any atom is -0.347 e. The Morgan fingerprint density at radius 3 is 3.07 bits per heavy atom. The summed E-state index contributed by atoms with van der Waals surface area (Å²) in [6.45, 7) is 0.989. The van der Waals surface area contributed by atoms with Gasteiger partial charge in [0.05, 0.1) is 5.52 Å². The molecule has 0 saturated heterocycles. The molecule has 0 unspecified atom stereocenters. The van der Waals surface area contributed by atoms with Gasteiger partial charge in [-0.3, -0.25) is 4.79 Å². The van der Waals surface area contributed by atoms with Gasteiger partial charge in [-0.05, 0) is 24.1 Å². The molecule has 2 heterocycles. The van der Waals surface area contributed by atoms with Crippen molar-refractivity contribution >= 4 is 26.8 Å². The second kappa shape index (κ2) is 2.70. The van der Waals surface area contributed by atoms with Gasteiger partial charge in [-0.2, -0.15) is 0 Å². The van der Waals surface area contributed by atoms with Crippen molar-refractivity contribution in [3.63, 3.8) is 0 Å². The second-order valence-corrected chi connectivity index (χ2v) is 4.50. The van der Waals surface area contributed by atoms with Crippen LogP contribution in [0, 0.1) is 0 Å². The number of halogens is 1. The van der Waals surface area contributed by atoms with E-state index >= 15 is 0 Å². The van der Waals surface area contributed by atoms with Gasteiger partial charge in [-0.15, -0.1) is 0 Å². The fourth-order valence-electron chi connectivity index (χ4n) is 2.12. The molecule has 0 bridgehead atoms. The van der Waals surface area contributed by atoms with Crippen LogP contribution in [0.15, 0.2) is 33.7 Å². The lowest BCUT2D eigenvalue weighted by molar-refractivity contribution is 0.765. The molecule has 14 heavy (non-hydrogen) atoms. The van der Waals surface area contributed by atoms with Gasteiger partial charge in [0.1, 0.15) is 0 Å². The van der Waals surface area contributed by atoms with Gasteiger partial charge in [0, 0.05) is 28.7 Å². The smallest absolute Gasteiger partial charge is 0.189 e. The molecule has 0 atom stereocenters. The fourth-order valence-corrected chi connectivity index (χ4v) is 2.63. The summed E-state index contributed by atoms with van der Waals surface area (Å²) in [7, 11) is 0. The van der Waals surface area contributed by atoms with E-state index in [4.69, 9.17) is 0 Å². The van der Waals surface area contributed by atoms with Crippen LogP contribution >= 0.6 is 15.9 Å². The highest BCUT2D eigenvalue weighted by Crippen LogP contribution is 2.26. The first kappa shape index (κ1) is 8.24. The van der Waals surface area contributed by atoms with Crippen LogP contribution in [0.2, 0.25) is 0 Å². The molecule has 0 saturated carbocycles. The molecule has 0 aliphatic carbocycles. The Kier molecular flexibility index (Phi) is 1.59. The quantitative estimate of drug-likeness (QED) is 0.703. The molecule has 1 aromatic heterocycles. The van der Waals surface area contributed by atoms with Crippen LogP contribution in [0.1, 0.15) is 5.56 Å². The van der Waals surface area contributed by atoms with Gasteiger partial charge in [0.2, 0.25) is 0 Å². The molecule has 1 aliphatic heterocycles. The Bertz CT molecular complexity index is 586. The molecule has 1 aliphatic rings. The number of rotatable bonds is 0. The van der Waals surface area contributed by atoms with Gasteiger partial charge in [-0.1, -0.05) is 15.9 Å². The molecule has 70 valence electrons. The van der Waals surface area contributed by atoms with Gasteiger partial charge in [-0.25, -0.2) is 0 Å². The molecule has 0 spiro atoms.